The maximum Gasteiger partial charge on any atom is 0.269 e. The molecule has 0 bridgehead atoms. The highest BCUT2D eigenvalue weighted by Gasteiger charge is 2.35. The predicted molar refractivity (Wildman–Crippen MR) is 94.6 cm³/mol. The van der Waals surface area contributed by atoms with Crippen LogP contribution in [0.3, 0.4) is 0 Å². The van der Waals surface area contributed by atoms with Gasteiger partial charge in [0.2, 0.25) is 0 Å². The number of aryl methyl sites for hydroxylation is 2. The molecular weight excluding hydrogens is 340 g/mol. The smallest absolute Gasteiger partial charge is 0.269 e. The number of methoxy groups -OCH3 is 1. The molecule has 7 nitrogen and oxygen atoms in total. The highest BCUT2D eigenvalue weighted by molar-refractivity contribution is 7.93. The first-order valence-corrected chi connectivity index (χ1v) is 9.38. The van der Waals surface area contributed by atoms with Crippen LogP contribution in [-0.2, 0) is 16.4 Å². The van der Waals surface area contributed by atoms with Crippen molar-refractivity contribution in [2.45, 2.75) is 25.2 Å². The number of H-pyrrole nitrogens is 1. The van der Waals surface area contributed by atoms with Crippen molar-refractivity contribution in [3.63, 3.8) is 0 Å². The van der Waals surface area contributed by atoms with Gasteiger partial charge in [0.05, 0.1) is 24.0 Å². The molecule has 0 radical (unpaired) electrons. The SMILES string of the molecule is COc1ccc2nc3c(cc2c1)CCN3S(=O)(=O)c1c(C)n[nH]c1C. The second-order valence-corrected chi connectivity index (χ2v) is 7.92. The number of hydrogen-bond donors (Lipinski definition) is 1. The molecule has 0 unspecified atom stereocenters. The standard InChI is InChI=1S/C17H18N4O3S/c1-10-16(11(2)20-19-10)25(22,23)21-7-6-12-8-13-9-14(24-3)4-5-15(13)18-17(12)21/h4-5,8-9H,6-7H2,1-3H3,(H,19,20). The minimum Gasteiger partial charge on any atom is -0.497 e. The molecule has 0 amide bonds. The number of hydrogen-bond acceptors (Lipinski definition) is 5. The Labute approximate surface area is 145 Å². The largest absolute Gasteiger partial charge is 0.497 e. The topological polar surface area (TPSA) is 88.2 Å². The number of anilines is 1. The molecular formula is C17H18N4O3S. The zero-order valence-corrected chi connectivity index (χ0v) is 15.0. The first kappa shape index (κ1) is 15.9. The van der Waals surface area contributed by atoms with Gasteiger partial charge in [0.15, 0.2) is 0 Å². The first-order valence-electron chi connectivity index (χ1n) is 7.94. The summed E-state index contributed by atoms with van der Waals surface area (Å²) in [5.41, 5.74) is 2.67. The number of benzene rings is 1. The molecule has 1 N–H and O–H groups in total. The summed E-state index contributed by atoms with van der Waals surface area (Å²) in [5.74, 6) is 1.25. The Morgan fingerprint density at radius 3 is 2.72 bits per heavy atom. The third-order valence-electron chi connectivity index (χ3n) is 4.51. The Balaban J connectivity index is 1.85. The van der Waals surface area contributed by atoms with E-state index in [2.05, 4.69) is 15.2 Å². The molecule has 3 heterocycles. The van der Waals surface area contributed by atoms with Crippen LogP contribution in [0.15, 0.2) is 29.2 Å². The molecule has 0 saturated heterocycles. The molecule has 1 aromatic carbocycles. The third-order valence-corrected chi connectivity index (χ3v) is 6.56. The van der Waals surface area contributed by atoms with Crippen molar-refractivity contribution in [2.24, 2.45) is 0 Å². The van der Waals surface area contributed by atoms with Crippen molar-refractivity contribution < 1.29 is 13.2 Å². The van der Waals surface area contributed by atoms with E-state index < -0.39 is 10.0 Å². The van der Waals surface area contributed by atoms with E-state index in [0.29, 0.717) is 30.2 Å². The lowest BCUT2D eigenvalue weighted by Crippen LogP contribution is -2.30. The van der Waals surface area contributed by atoms with Gasteiger partial charge in [-0.1, -0.05) is 0 Å². The molecule has 3 aromatic rings. The molecule has 0 atom stereocenters. The summed E-state index contributed by atoms with van der Waals surface area (Å²) in [6, 6.07) is 7.56. The van der Waals surface area contributed by atoms with E-state index >= 15 is 0 Å². The van der Waals surface area contributed by atoms with Gasteiger partial charge in [-0.25, -0.2) is 17.7 Å². The van der Waals surface area contributed by atoms with Crippen molar-refractivity contribution >= 4 is 26.7 Å². The highest BCUT2D eigenvalue weighted by atomic mass is 32.2. The summed E-state index contributed by atoms with van der Waals surface area (Å²) in [7, 11) is -2.08. The Morgan fingerprint density at radius 1 is 1.24 bits per heavy atom. The van der Waals surface area contributed by atoms with Crippen LogP contribution in [0.2, 0.25) is 0 Å². The minimum atomic E-state index is -3.70. The summed E-state index contributed by atoms with van der Waals surface area (Å²) < 4.78 is 32.9. The third kappa shape index (κ3) is 2.36. The fourth-order valence-corrected chi connectivity index (χ4v) is 5.10. The monoisotopic (exact) mass is 358 g/mol. The van der Waals surface area contributed by atoms with E-state index in [4.69, 9.17) is 4.74 Å². The number of rotatable bonds is 3. The maximum atomic E-state index is 13.1. The Morgan fingerprint density at radius 2 is 2.04 bits per heavy atom. The number of aromatic nitrogens is 3. The van der Waals surface area contributed by atoms with Gasteiger partial charge in [-0.3, -0.25) is 5.10 Å². The number of nitrogens with zero attached hydrogens (tertiary/aromatic N) is 3. The number of pyridine rings is 1. The Kier molecular flexibility index (Phi) is 3.47. The lowest BCUT2D eigenvalue weighted by Gasteiger charge is -2.19. The fourth-order valence-electron chi connectivity index (χ4n) is 3.31. The van der Waals surface area contributed by atoms with Crippen LogP contribution < -0.4 is 9.04 Å². The summed E-state index contributed by atoms with van der Waals surface area (Å²) in [6.45, 7) is 3.78. The molecule has 0 spiro atoms. The average Bonchev–Trinajstić information content (AvgIpc) is 3.15. The normalized spacial score (nSPS) is 14.1. The second-order valence-electron chi connectivity index (χ2n) is 6.12. The number of nitrogens with one attached hydrogen (secondary N) is 1. The zero-order valence-electron chi connectivity index (χ0n) is 14.2. The molecule has 25 heavy (non-hydrogen) atoms. The van der Waals surface area contributed by atoms with Gasteiger partial charge in [0.1, 0.15) is 16.5 Å². The summed E-state index contributed by atoms with van der Waals surface area (Å²) >= 11 is 0. The van der Waals surface area contributed by atoms with Crippen molar-refractivity contribution in [2.75, 3.05) is 18.0 Å². The molecule has 0 fully saturated rings. The molecule has 1 aliphatic rings. The van der Waals surface area contributed by atoms with E-state index in [-0.39, 0.29) is 4.90 Å². The van der Waals surface area contributed by atoms with Crippen LogP contribution in [0.5, 0.6) is 5.75 Å². The van der Waals surface area contributed by atoms with E-state index in [9.17, 15) is 8.42 Å². The van der Waals surface area contributed by atoms with Crippen molar-refractivity contribution in [3.8, 4) is 5.75 Å². The van der Waals surface area contributed by atoms with Crippen LogP contribution >= 0.6 is 0 Å². The molecule has 0 aliphatic carbocycles. The van der Waals surface area contributed by atoms with E-state index in [1.165, 1.54) is 4.31 Å². The van der Waals surface area contributed by atoms with Gasteiger partial charge in [0, 0.05) is 11.9 Å². The maximum absolute atomic E-state index is 13.1. The highest BCUT2D eigenvalue weighted by Crippen LogP contribution is 2.35. The van der Waals surface area contributed by atoms with E-state index in [1.54, 1.807) is 21.0 Å². The summed E-state index contributed by atoms with van der Waals surface area (Å²) in [6.07, 6.45) is 0.630. The van der Waals surface area contributed by atoms with Crippen LogP contribution in [0.1, 0.15) is 17.0 Å². The molecule has 1 aliphatic heterocycles. The van der Waals surface area contributed by atoms with Gasteiger partial charge in [0.25, 0.3) is 10.0 Å². The molecule has 0 saturated carbocycles. The van der Waals surface area contributed by atoms with Gasteiger partial charge in [-0.05, 0) is 50.1 Å². The lowest BCUT2D eigenvalue weighted by molar-refractivity contribution is 0.415. The van der Waals surface area contributed by atoms with Crippen molar-refractivity contribution in [3.05, 3.63) is 41.2 Å². The predicted octanol–water partition coefficient (Wildman–Crippen LogP) is 2.33. The number of sulfonamides is 1. The lowest BCUT2D eigenvalue weighted by atomic mass is 10.1. The van der Waals surface area contributed by atoms with Crippen LogP contribution in [-0.4, -0.2) is 37.3 Å². The van der Waals surface area contributed by atoms with Gasteiger partial charge in [-0.15, -0.1) is 0 Å². The average molecular weight is 358 g/mol. The molecule has 130 valence electrons. The molecule has 2 aromatic heterocycles. The summed E-state index contributed by atoms with van der Waals surface area (Å²) in [5, 5.41) is 7.69. The molecule has 4 rings (SSSR count). The second kappa shape index (κ2) is 5.45. The van der Waals surface area contributed by atoms with E-state index in [1.807, 2.05) is 24.3 Å². The number of ether oxygens (including phenoxy) is 1. The van der Waals surface area contributed by atoms with Crippen molar-refractivity contribution in [1.29, 1.82) is 0 Å². The number of aromatic amines is 1. The Bertz CT molecular complexity index is 1070. The van der Waals surface area contributed by atoms with Crippen LogP contribution in [0.4, 0.5) is 5.82 Å². The molecule has 8 heteroatoms. The fraction of sp³-hybridized carbons (Fsp3) is 0.294. The van der Waals surface area contributed by atoms with Crippen LogP contribution in [0.25, 0.3) is 10.9 Å². The number of fused-ring (bicyclic) bond motifs is 2. The Hall–Kier alpha value is -2.61. The van der Waals surface area contributed by atoms with Gasteiger partial charge >= 0.3 is 0 Å². The zero-order chi connectivity index (χ0) is 17.8. The summed E-state index contributed by atoms with van der Waals surface area (Å²) in [4.78, 5) is 4.84. The van der Waals surface area contributed by atoms with Gasteiger partial charge < -0.3 is 4.74 Å². The first-order chi connectivity index (χ1) is 11.9. The van der Waals surface area contributed by atoms with Crippen LogP contribution in [0, 0.1) is 13.8 Å². The van der Waals surface area contributed by atoms with E-state index in [0.717, 1.165) is 22.2 Å². The van der Waals surface area contributed by atoms with Gasteiger partial charge in [-0.2, -0.15) is 5.10 Å². The van der Waals surface area contributed by atoms with Crippen molar-refractivity contribution in [1.82, 2.24) is 15.2 Å². The minimum absolute atomic E-state index is 0.233. The quantitative estimate of drug-likeness (QED) is 0.776.